The van der Waals surface area contributed by atoms with Crippen molar-refractivity contribution in [1.29, 1.82) is 0 Å². The van der Waals surface area contributed by atoms with Crippen molar-refractivity contribution >= 4 is 39.8 Å². The van der Waals surface area contributed by atoms with Crippen LogP contribution in [-0.4, -0.2) is 8.07 Å². The van der Waals surface area contributed by atoms with Gasteiger partial charge in [-0.1, -0.05) is 127 Å². The summed E-state index contributed by atoms with van der Waals surface area (Å²) in [5, 5.41) is 6.72. The van der Waals surface area contributed by atoms with E-state index in [0.717, 1.165) is 11.3 Å². The van der Waals surface area contributed by atoms with E-state index in [-0.39, 0.29) is 0 Å². The molecule has 0 bridgehead atoms. The summed E-state index contributed by atoms with van der Waals surface area (Å²) in [6.07, 6.45) is 0. The molecular weight excluding hydrogens is 428 g/mol. The largest absolute Gasteiger partial charge is 0.455 e. The van der Waals surface area contributed by atoms with Gasteiger partial charge in [0.1, 0.15) is 11.3 Å². The Bertz CT molecular complexity index is 1610. The molecule has 0 atom stereocenters. The molecule has 0 unspecified atom stereocenters. The molecule has 0 radical (unpaired) electrons. The molecule has 0 fully saturated rings. The van der Waals surface area contributed by atoms with Gasteiger partial charge in [0.15, 0.2) is 8.07 Å². The van der Waals surface area contributed by atoms with E-state index in [1.54, 1.807) is 0 Å². The van der Waals surface area contributed by atoms with Crippen molar-refractivity contribution in [2.75, 3.05) is 0 Å². The van der Waals surface area contributed by atoms with E-state index in [2.05, 4.69) is 133 Å². The monoisotopic (exact) mass is 450 g/mol. The molecule has 0 amide bonds. The molecule has 0 aliphatic carbocycles. The van der Waals surface area contributed by atoms with Gasteiger partial charge in [0.25, 0.3) is 0 Å². The van der Waals surface area contributed by atoms with Crippen LogP contribution in [0.15, 0.2) is 138 Å². The summed E-state index contributed by atoms with van der Waals surface area (Å²) in [5.41, 5.74) is 4.62. The van der Waals surface area contributed by atoms with E-state index in [0.29, 0.717) is 0 Å². The molecular formula is C32H22OSi. The van der Waals surface area contributed by atoms with Crippen LogP contribution < -0.4 is 20.7 Å². The molecule has 160 valence electrons. The Kier molecular flexibility index (Phi) is 4.23. The standard InChI is InChI=1S/C32H22OSi/c1-3-13-23(14-4-1)34(24-15-5-2-6-16-24)29-21-11-8-18-26(29)31-25-17-7-10-20-28(25)33-32(31)27-19-9-12-22-30(27)34/h1-22H. The molecule has 1 aromatic heterocycles. The first-order valence-electron chi connectivity index (χ1n) is 11.7. The van der Waals surface area contributed by atoms with Gasteiger partial charge in [-0.3, -0.25) is 0 Å². The second-order valence-electron chi connectivity index (χ2n) is 8.88. The smallest absolute Gasteiger partial charge is 0.180 e. The first kappa shape index (κ1) is 19.3. The molecule has 34 heavy (non-hydrogen) atoms. The zero-order valence-electron chi connectivity index (χ0n) is 18.6. The highest BCUT2D eigenvalue weighted by molar-refractivity contribution is 7.21. The molecule has 0 saturated heterocycles. The zero-order chi connectivity index (χ0) is 22.5. The Morgan fingerprint density at radius 2 is 0.941 bits per heavy atom. The average Bonchev–Trinajstić information content (AvgIpc) is 3.26. The maximum absolute atomic E-state index is 6.64. The summed E-state index contributed by atoms with van der Waals surface area (Å²) in [5.74, 6) is 0.977. The second kappa shape index (κ2) is 7.44. The summed E-state index contributed by atoms with van der Waals surface area (Å²) in [4.78, 5) is 0. The second-order valence-corrected chi connectivity index (χ2v) is 12.6. The summed E-state index contributed by atoms with van der Waals surface area (Å²) in [6.45, 7) is 0. The number of furan rings is 1. The van der Waals surface area contributed by atoms with E-state index in [1.807, 2.05) is 0 Å². The lowest BCUT2D eigenvalue weighted by atomic mass is 9.99. The number of benzene rings is 5. The molecule has 7 rings (SSSR count). The Balaban J connectivity index is 1.75. The van der Waals surface area contributed by atoms with E-state index in [1.165, 1.54) is 42.8 Å². The Hall–Kier alpha value is -4.14. The fraction of sp³-hybridized carbons (Fsp3) is 0. The van der Waals surface area contributed by atoms with Gasteiger partial charge in [-0.15, -0.1) is 0 Å². The molecule has 0 saturated carbocycles. The van der Waals surface area contributed by atoms with Crippen LogP contribution in [0.3, 0.4) is 0 Å². The molecule has 0 N–H and O–H groups in total. The van der Waals surface area contributed by atoms with E-state index >= 15 is 0 Å². The minimum absolute atomic E-state index is 0.936. The maximum atomic E-state index is 6.64. The number of para-hydroxylation sites is 1. The lowest BCUT2D eigenvalue weighted by molar-refractivity contribution is 0.633. The van der Waals surface area contributed by atoms with Gasteiger partial charge in [0, 0.05) is 16.5 Å². The minimum atomic E-state index is -2.64. The van der Waals surface area contributed by atoms with Crippen molar-refractivity contribution in [3.05, 3.63) is 133 Å². The summed E-state index contributed by atoms with van der Waals surface area (Å²) < 4.78 is 6.64. The predicted octanol–water partition coefficient (Wildman–Crippen LogP) is 5.46. The Morgan fingerprint density at radius 3 is 1.62 bits per heavy atom. The van der Waals surface area contributed by atoms with Crippen molar-refractivity contribution < 1.29 is 4.42 Å². The topological polar surface area (TPSA) is 13.1 Å². The molecule has 0 spiro atoms. The number of hydrogen-bond acceptors (Lipinski definition) is 1. The third-order valence-electron chi connectivity index (χ3n) is 7.19. The van der Waals surface area contributed by atoms with Gasteiger partial charge >= 0.3 is 0 Å². The van der Waals surface area contributed by atoms with Crippen molar-refractivity contribution in [3.8, 4) is 22.5 Å². The van der Waals surface area contributed by atoms with E-state index < -0.39 is 8.07 Å². The van der Waals surface area contributed by atoms with Crippen LogP contribution in [0.1, 0.15) is 0 Å². The highest BCUT2D eigenvalue weighted by Crippen LogP contribution is 2.42. The number of rotatable bonds is 2. The van der Waals surface area contributed by atoms with Crippen LogP contribution in [0.4, 0.5) is 0 Å². The van der Waals surface area contributed by atoms with Crippen LogP contribution in [0.25, 0.3) is 33.4 Å². The van der Waals surface area contributed by atoms with Crippen LogP contribution in [-0.2, 0) is 0 Å². The highest BCUT2D eigenvalue weighted by Gasteiger charge is 2.47. The van der Waals surface area contributed by atoms with Gasteiger partial charge in [0.2, 0.25) is 0 Å². The zero-order valence-corrected chi connectivity index (χ0v) is 19.6. The molecule has 6 aromatic rings. The van der Waals surface area contributed by atoms with Crippen LogP contribution in [0, 0.1) is 0 Å². The van der Waals surface area contributed by atoms with Crippen molar-refractivity contribution in [3.63, 3.8) is 0 Å². The first-order chi connectivity index (χ1) is 16.9. The van der Waals surface area contributed by atoms with Gasteiger partial charge in [0.05, 0.1) is 0 Å². The molecule has 1 aliphatic heterocycles. The summed E-state index contributed by atoms with van der Waals surface area (Å²) in [6, 6.07) is 48.5. The number of hydrogen-bond donors (Lipinski definition) is 0. The van der Waals surface area contributed by atoms with Gasteiger partial charge in [-0.2, -0.15) is 0 Å². The van der Waals surface area contributed by atoms with Crippen LogP contribution in [0.5, 0.6) is 0 Å². The van der Waals surface area contributed by atoms with Crippen molar-refractivity contribution in [2.24, 2.45) is 0 Å². The SMILES string of the molecule is c1ccc([Si]2(c3ccccc3)c3ccccc3-c3oc4ccccc4c3-c3ccccc32)cc1. The minimum Gasteiger partial charge on any atom is -0.455 e. The average molecular weight is 451 g/mol. The van der Waals surface area contributed by atoms with Crippen LogP contribution in [0.2, 0.25) is 0 Å². The van der Waals surface area contributed by atoms with Crippen molar-refractivity contribution in [2.45, 2.75) is 0 Å². The normalized spacial score (nSPS) is 13.5. The van der Waals surface area contributed by atoms with Gasteiger partial charge in [-0.25, -0.2) is 0 Å². The Labute approximate surface area is 200 Å². The molecule has 5 aromatic carbocycles. The van der Waals surface area contributed by atoms with E-state index in [9.17, 15) is 0 Å². The predicted molar refractivity (Wildman–Crippen MR) is 144 cm³/mol. The quantitative estimate of drug-likeness (QED) is 0.319. The lowest BCUT2D eigenvalue weighted by Gasteiger charge is -2.35. The highest BCUT2D eigenvalue weighted by atomic mass is 28.3. The fourth-order valence-electron chi connectivity index (χ4n) is 5.85. The Morgan fingerprint density at radius 1 is 0.441 bits per heavy atom. The van der Waals surface area contributed by atoms with Crippen LogP contribution >= 0.6 is 0 Å². The van der Waals surface area contributed by atoms with Gasteiger partial charge in [-0.05, 0) is 32.4 Å². The molecule has 2 heterocycles. The van der Waals surface area contributed by atoms with E-state index in [4.69, 9.17) is 4.42 Å². The first-order valence-corrected chi connectivity index (χ1v) is 13.7. The third kappa shape index (κ3) is 2.54. The third-order valence-corrected chi connectivity index (χ3v) is 12.1. The molecule has 1 nitrogen and oxygen atoms in total. The molecule has 1 aliphatic rings. The summed E-state index contributed by atoms with van der Waals surface area (Å²) in [7, 11) is -2.64. The van der Waals surface area contributed by atoms with Gasteiger partial charge < -0.3 is 4.42 Å². The lowest BCUT2D eigenvalue weighted by Crippen LogP contribution is -2.75. The number of fused-ring (bicyclic) bond motifs is 7. The molecule has 2 heteroatoms. The summed E-state index contributed by atoms with van der Waals surface area (Å²) >= 11 is 0. The van der Waals surface area contributed by atoms with Crippen molar-refractivity contribution in [1.82, 2.24) is 0 Å². The fourth-order valence-corrected chi connectivity index (χ4v) is 11.0. The maximum Gasteiger partial charge on any atom is 0.180 e.